The van der Waals surface area contributed by atoms with Crippen molar-refractivity contribution in [3.05, 3.63) is 29.8 Å². The molecule has 0 radical (unpaired) electrons. The molecule has 0 saturated heterocycles. The Morgan fingerprint density at radius 1 is 1.10 bits per heavy atom. The first-order chi connectivity index (χ1) is 9.76. The summed E-state index contributed by atoms with van der Waals surface area (Å²) < 4.78 is 0. The second-order valence-corrected chi connectivity index (χ2v) is 7.15. The van der Waals surface area contributed by atoms with E-state index in [2.05, 4.69) is 34.9 Å². The summed E-state index contributed by atoms with van der Waals surface area (Å²) >= 11 is 1.64. The lowest BCUT2D eigenvalue weighted by Gasteiger charge is -2.20. The summed E-state index contributed by atoms with van der Waals surface area (Å²) in [5.41, 5.74) is 0.949. The van der Waals surface area contributed by atoms with E-state index >= 15 is 0 Å². The average Bonchev–Trinajstić information content (AvgIpc) is 2.37. The van der Waals surface area contributed by atoms with E-state index in [0.29, 0.717) is 12.2 Å². The minimum atomic E-state index is -0.275. The van der Waals surface area contributed by atoms with Crippen LogP contribution in [0, 0.1) is 6.92 Å². The number of amides is 2. The summed E-state index contributed by atoms with van der Waals surface area (Å²) in [7, 11) is 0. The molecule has 0 fully saturated rings. The van der Waals surface area contributed by atoms with Gasteiger partial charge in [-0.25, -0.2) is 0 Å². The largest absolute Gasteiger partial charge is 0.350 e. The van der Waals surface area contributed by atoms with E-state index < -0.39 is 0 Å². The molecular formula is C16H24N2O2S. The van der Waals surface area contributed by atoms with Gasteiger partial charge in [-0.05, 0) is 39.8 Å². The van der Waals surface area contributed by atoms with Gasteiger partial charge >= 0.3 is 0 Å². The third kappa shape index (κ3) is 8.40. The molecule has 2 amide bonds. The molecule has 0 saturated carbocycles. The summed E-state index contributed by atoms with van der Waals surface area (Å²) in [6, 6.07) is 8.21. The second-order valence-electron chi connectivity index (χ2n) is 5.99. The van der Waals surface area contributed by atoms with Gasteiger partial charge in [-0.15, -0.1) is 11.8 Å². The number of nitrogens with one attached hydrogen (secondary N) is 2. The van der Waals surface area contributed by atoms with Crippen LogP contribution in [0.4, 0.5) is 0 Å². The Morgan fingerprint density at radius 3 is 2.29 bits per heavy atom. The van der Waals surface area contributed by atoms with Crippen molar-refractivity contribution in [1.82, 2.24) is 10.6 Å². The maximum Gasteiger partial charge on any atom is 0.239 e. The van der Waals surface area contributed by atoms with Gasteiger partial charge in [0, 0.05) is 22.6 Å². The number of thioether (sulfide) groups is 1. The Kier molecular flexibility index (Phi) is 6.75. The van der Waals surface area contributed by atoms with Crippen molar-refractivity contribution in [2.75, 3.05) is 12.3 Å². The highest BCUT2D eigenvalue weighted by Gasteiger charge is 2.14. The van der Waals surface area contributed by atoms with Crippen LogP contribution in [0.15, 0.2) is 29.2 Å². The monoisotopic (exact) mass is 308 g/mol. The Hall–Kier alpha value is -1.49. The zero-order chi connectivity index (χ0) is 15.9. The Bertz CT molecular complexity index is 478. The molecule has 0 aliphatic rings. The van der Waals surface area contributed by atoms with Gasteiger partial charge in [-0.2, -0.15) is 0 Å². The van der Waals surface area contributed by atoms with Gasteiger partial charge in [0.2, 0.25) is 11.8 Å². The van der Waals surface area contributed by atoms with Crippen LogP contribution in [0.2, 0.25) is 0 Å². The Balaban J connectivity index is 2.19. The molecule has 1 rings (SSSR count). The molecule has 0 aliphatic heterocycles. The summed E-state index contributed by atoms with van der Waals surface area (Å²) in [5.74, 6) is 0.441. The van der Waals surface area contributed by atoms with Crippen LogP contribution in [0.25, 0.3) is 0 Å². The van der Waals surface area contributed by atoms with Crippen molar-refractivity contribution in [1.29, 1.82) is 0 Å². The van der Waals surface area contributed by atoms with Gasteiger partial charge < -0.3 is 10.6 Å². The lowest BCUT2D eigenvalue weighted by atomic mass is 10.1. The van der Waals surface area contributed by atoms with E-state index in [4.69, 9.17) is 0 Å². The normalized spacial score (nSPS) is 11.0. The fourth-order valence-electron chi connectivity index (χ4n) is 1.63. The lowest BCUT2D eigenvalue weighted by Crippen LogP contribution is -2.45. The first kappa shape index (κ1) is 17.6. The standard InChI is InChI=1S/C16H24N2O2S/c1-12-5-7-13(8-6-12)21-10-9-14(19)17-11-15(20)18-16(2,3)4/h5-8H,9-11H2,1-4H3,(H,17,19)(H,18,20). The Morgan fingerprint density at radius 2 is 1.71 bits per heavy atom. The lowest BCUT2D eigenvalue weighted by molar-refractivity contribution is -0.126. The van der Waals surface area contributed by atoms with Crippen LogP contribution in [0.1, 0.15) is 32.8 Å². The van der Waals surface area contributed by atoms with Gasteiger partial charge in [-0.1, -0.05) is 17.7 Å². The molecular weight excluding hydrogens is 284 g/mol. The van der Waals surface area contributed by atoms with E-state index in [9.17, 15) is 9.59 Å². The predicted molar refractivity (Wildman–Crippen MR) is 87.4 cm³/mol. The van der Waals surface area contributed by atoms with Crippen molar-refractivity contribution >= 4 is 23.6 Å². The van der Waals surface area contributed by atoms with Crippen molar-refractivity contribution in [3.8, 4) is 0 Å². The van der Waals surface area contributed by atoms with E-state index in [1.54, 1.807) is 11.8 Å². The zero-order valence-electron chi connectivity index (χ0n) is 13.2. The van der Waals surface area contributed by atoms with Crippen molar-refractivity contribution in [2.24, 2.45) is 0 Å². The molecule has 21 heavy (non-hydrogen) atoms. The second kappa shape index (κ2) is 8.08. The van der Waals surface area contributed by atoms with Gasteiger partial charge in [0.05, 0.1) is 6.54 Å². The first-order valence-corrected chi connectivity index (χ1v) is 8.02. The minimum absolute atomic E-state index is 0.0330. The van der Waals surface area contributed by atoms with Crippen molar-refractivity contribution in [2.45, 2.75) is 44.6 Å². The number of carbonyl (C=O) groups is 2. The van der Waals surface area contributed by atoms with Crippen molar-refractivity contribution in [3.63, 3.8) is 0 Å². The third-order valence-corrected chi connectivity index (χ3v) is 3.59. The zero-order valence-corrected chi connectivity index (χ0v) is 14.0. The topological polar surface area (TPSA) is 58.2 Å². The van der Waals surface area contributed by atoms with Gasteiger partial charge in [0.1, 0.15) is 0 Å². The highest BCUT2D eigenvalue weighted by molar-refractivity contribution is 7.99. The van der Waals surface area contributed by atoms with E-state index in [1.807, 2.05) is 27.7 Å². The third-order valence-electron chi connectivity index (χ3n) is 2.58. The van der Waals surface area contributed by atoms with Crippen LogP contribution >= 0.6 is 11.8 Å². The maximum atomic E-state index is 11.7. The molecule has 1 aromatic rings. The molecule has 4 nitrogen and oxygen atoms in total. The molecule has 5 heteroatoms. The van der Waals surface area contributed by atoms with Gasteiger partial charge in [0.15, 0.2) is 0 Å². The number of hydrogen-bond donors (Lipinski definition) is 2. The van der Waals surface area contributed by atoms with Crippen LogP contribution in [-0.2, 0) is 9.59 Å². The van der Waals surface area contributed by atoms with Crippen molar-refractivity contribution < 1.29 is 9.59 Å². The number of rotatable bonds is 6. The maximum absolute atomic E-state index is 11.7. The van der Waals surface area contributed by atoms with Crippen LogP contribution < -0.4 is 10.6 Å². The van der Waals surface area contributed by atoms with E-state index in [-0.39, 0.29) is 23.9 Å². The fraction of sp³-hybridized carbons (Fsp3) is 0.500. The molecule has 116 valence electrons. The van der Waals surface area contributed by atoms with Gasteiger partial charge in [-0.3, -0.25) is 9.59 Å². The molecule has 2 N–H and O–H groups in total. The predicted octanol–water partition coefficient (Wildman–Crippen LogP) is 2.51. The summed E-state index contributed by atoms with van der Waals surface area (Å²) in [6.07, 6.45) is 0.404. The average molecular weight is 308 g/mol. The van der Waals surface area contributed by atoms with E-state index in [1.165, 1.54) is 5.56 Å². The molecule has 0 aliphatic carbocycles. The quantitative estimate of drug-likeness (QED) is 0.794. The fourth-order valence-corrected chi connectivity index (χ4v) is 2.48. The summed E-state index contributed by atoms with van der Waals surface area (Å²) in [4.78, 5) is 24.4. The molecule has 0 atom stereocenters. The first-order valence-electron chi connectivity index (χ1n) is 7.03. The SMILES string of the molecule is Cc1ccc(SCCC(=O)NCC(=O)NC(C)(C)C)cc1. The summed E-state index contributed by atoms with van der Waals surface area (Å²) in [6.45, 7) is 7.80. The molecule has 0 bridgehead atoms. The molecule has 1 aromatic carbocycles. The number of benzene rings is 1. The highest BCUT2D eigenvalue weighted by Crippen LogP contribution is 2.18. The smallest absolute Gasteiger partial charge is 0.239 e. The molecule has 0 aromatic heterocycles. The minimum Gasteiger partial charge on any atom is -0.350 e. The molecule has 0 unspecified atom stereocenters. The van der Waals surface area contributed by atoms with Crippen LogP contribution in [0.5, 0.6) is 0 Å². The molecule has 0 spiro atoms. The van der Waals surface area contributed by atoms with Gasteiger partial charge in [0.25, 0.3) is 0 Å². The van der Waals surface area contributed by atoms with Crippen LogP contribution in [0.3, 0.4) is 0 Å². The highest BCUT2D eigenvalue weighted by atomic mass is 32.2. The Labute approximate surface area is 131 Å². The molecule has 0 heterocycles. The number of carbonyl (C=O) groups excluding carboxylic acids is 2. The van der Waals surface area contributed by atoms with Crippen LogP contribution in [-0.4, -0.2) is 29.7 Å². The number of aryl methyl sites for hydroxylation is 1. The van der Waals surface area contributed by atoms with E-state index in [0.717, 1.165) is 4.90 Å². The number of hydrogen-bond acceptors (Lipinski definition) is 3. The summed E-state index contributed by atoms with van der Waals surface area (Å²) in [5, 5.41) is 5.44.